The minimum atomic E-state index is -0.434. The van der Waals surface area contributed by atoms with Crippen LogP contribution in [0.25, 0.3) is 0 Å². The summed E-state index contributed by atoms with van der Waals surface area (Å²) in [6.45, 7) is 11.2. The molecule has 0 aromatic rings. The number of allylic oxidation sites excluding steroid dienone is 2. The van der Waals surface area contributed by atoms with E-state index in [9.17, 15) is 24.9 Å². The standard InChI is InChI=1S/C49H94N2O8/c1-5-8-11-14-17-19-22-25-31-45(52)42-50(38-41-57-4)37-30-40-59-49(56)35-29-34-48(55)58-39-28-27-36-51(43-46(53)32-24-21-16-13-10-7-3)44-47(54)33-26-23-20-18-15-12-9-6-2/h8,11,27-28,45-47,52-54H,5-7,9-10,12-26,29-44H2,1-4H3/b11-8+,28-27+/t45?,46?,47-/m1/s1. The van der Waals surface area contributed by atoms with E-state index < -0.39 is 12.2 Å². The van der Waals surface area contributed by atoms with E-state index in [1.54, 1.807) is 7.11 Å². The lowest BCUT2D eigenvalue weighted by molar-refractivity contribution is -0.145. The van der Waals surface area contributed by atoms with Gasteiger partial charge in [-0.25, -0.2) is 0 Å². The van der Waals surface area contributed by atoms with Crippen LogP contribution in [-0.2, 0) is 23.8 Å². The largest absolute Gasteiger partial charge is 0.466 e. The molecule has 0 heterocycles. The predicted molar refractivity (Wildman–Crippen MR) is 245 cm³/mol. The van der Waals surface area contributed by atoms with Crippen LogP contribution < -0.4 is 0 Å². The minimum Gasteiger partial charge on any atom is -0.466 e. The Morgan fingerprint density at radius 2 is 1.00 bits per heavy atom. The maximum atomic E-state index is 12.3. The molecular formula is C49H94N2O8. The molecule has 0 aromatic carbocycles. The van der Waals surface area contributed by atoms with Crippen molar-refractivity contribution in [3.8, 4) is 0 Å². The number of nitrogens with zero attached hydrogens (tertiary/aromatic N) is 2. The van der Waals surface area contributed by atoms with E-state index in [4.69, 9.17) is 14.2 Å². The normalized spacial score (nSPS) is 13.6. The third-order valence-electron chi connectivity index (χ3n) is 10.9. The fraction of sp³-hybridized carbons (Fsp3) is 0.878. The number of aliphatic hydroxyl groups is 3. The minimum absolute atomic E-state index is 0.142. The topological polar surface area (TPSA) is 129 Å². The quantitative estimate of drug-likeness (QED) is 0.0310. The Morgan fingerprint density at radius 3 is 1.53 bits per heavy atom. The summed E-state index contributed by atoms with van der Waals surface area (Å²) in [5.41, 5.74) is 0. The summed E-state index contributed by atoms with van der Waals surface area (Å²) in [6, 6.07) is 0. The van der Waals surface area contributed by atoms with Crippen molar-refractivity contribution in [1.29, 1.82) is 0 Å². The molecule has 0 aliphatic rings. The van der Waals surface area contributed by atoms with Gasteiger partial charge in [-0.05, 0) is 57.4 Å². The second-order valence-electron chi connectivity index (χ2n) is 16.7. The SMILES string of the molecule is CC/C=C/CCCCCCC(O)CN(CCCOC(=O)CCCC(=O)OC/C=C/CN(CC(O)CCCCCCCC)C[C@H](O)CCCCCCCCCC)CCOC. The van der Waals surface area contributed by atoms with Crippen LogP contribution in [0.3, 0.4) is 0 Å². The molecule has 0 aliphatic heterocycles. The van der Waals surface area contributed by atoms with Crippen LogP contribution in [0, 0.1) is 0 Å². The number of methoxy groups -OCH3 is 1. The van der Waals surface area contributed by atoms with Gasteiger partial charge in [0.05, 0.1) is 31.5 Å². The van der Waals surface area contributed by atoms with Crippen molar-refractivity contribution in [2.24, 2.45) is 0 Å². The smallest absolute Gasteiger partial charge is 0.306 e. The summed E-state index contributed by atoms with van der Waals surface area (Å²) in [6.07, 6.45) is 34.4. The van der Waals surface area contributed by atoms with Crippen LogP contribution in [0.4, 0.5) is 0 Å². The molecule has 0 spiro atoms. The summed E-state index contributed by atoms with van der Waals surface area (Å²) in [5, 5.41) is 32.2. The molecule has 10 nitrogen and oxygen atoms in total. The number of rotatable bonds is 45. The molecule has 0 amide bonds. The molecule has 0 aliphatic carbocycles. The van der Waals surface area contributed by atoms with Gasteiger partial charge in [-0.1, -0.05) is 148 Å². The molecule has 0 rings (SSSR count). The fourth-order valence-corrected chi connectivity index (χ4v) is 7.29. The first-order valence-corrected chi connectivity index (χ1v) is 24.3. The second kappa shape index (κ2) is 44.2. The van der Waals surface area contributed by atoms with Crippen LogP contribution in [-0.4, -0.2) is 122 Å². The first-order valence-electron chi connectivity index (χ1n) is 24.3. The highest BCUT2D eigenvalue weighted by molar-refractivity contribution is 5.72. The number of aliphatic hydroxyl groups excluding tert-OH is 3. The van der Waals surface area contributed by atoms with Gasteiger partial charge in [0.15, 0.2) is 0 Å². The number of hydrogen-bond donors (Lipinski definition) is 3. The van der Waals surface area contributed by atoms with Gasteiger partial charge in [-0.3, -0.25) is 19.4 Å². The van der Waals surface area contributed by atoms with Crippen molar-refractivity contribution in [1.82, 2.24) is 9.80 Å². The highest BCUT2D eigenvalue weighted by atomic mass is 16.5. The average molecular weight is 839 g/mol. The second-order valence-corrected chi connectivity index (χ2v) is 16.7. The lowest BCUT2D eigenvalue weighted by atomic mass is 10.0. The Morgan fingerprint density at radius 1 is 0.508 bits per heavy atom. The van der Waals surface area contributed by atoms with Crippen molar-refractivity contribution in [2.45, 2.75) is 212 Å². The van der Waals surface area contributed by atoms with Gasteiger partial charge in [-0.2, -0.15) is 0 Å². The van der Waals surface area contributed by atoms with Crippen LogP contribution in [0.15, 0.2) is 24.3 Å². The van der Waals surface area contributed by atoms with Crippen LogP contribution in [0.5, 0.6) is 0 Å². The highest BCUT2D eigenvalue weighted by Crippen LogP contribution is 2.14. The fourth-order valence-electron chi connectivity index (χ4n) is 7.29. The number of hydrogen-bond acceptors (Lipinski definition) is 10. The molecule has 0 aromatic heterocycles. The maximum Gasteiger partial charge on any atom is 0.306 e. The van der Waals surface area contributed by atoms with Crippen LogP contribution in [0.1, 0.15) is 194 Å². The van der Waals surface area contributed by atoms with Crippen molar-refractivity contribution in [2.75, 3.05) is 66.2 Å². The first kappa shape index (κ1) is 57.2. The molecule has 0 saturated carbocycles. The van der Waals surface area contributed by atoms with E-state index in [0.29, 0.717) is 65.3 Å². The van der Waals surface area contributed by atoms with Gasteiger partial charge in [0.2, 0.25) is 0 Å². The van der Waals surface area contributed by atoms with Gasteiger partial charge >= 0.3 is 11.9 Å². The molecule has 348 valence electrons. The van der Waals surface area contributed by atoms with Gasteiger partial charge in [-0.15, -0.1) is 0 Å². The van der Waals surface area contributed by atoms with Crippen LogP contribution in [0.2, 0.25) is 0 Å². The molecule has 0 saturated heterocycles. The Bertz CT molecular complexity index is 980. The zero-order chi connectivity index (χ0) is 43.4. The van der Waals surface area contributed by atoms with E-state index in [2.05, 4.69) is 42.7 Å². The molecule has 2 unspecified atom stereocenters. The van der Waals surface area contributed by atoms with Gasteiger partial charge in [0.1, 0.15) is 6.61 Å². The summed E-state index contributed by atoms with van der Waals surface area (Å²) in [4.78, 5) is 28.9. The van der Waals surface area contributed by atoms with Crippen molar-refractivity contribution in [3.05, 3.63) is 24.3 Å². The third-order valence-corrected chi connectivity index (χ3v) is 10.9. The van der Waals surface area contributed by atoms with Gasteiger partial charge in [0, 0.05) is 59.2 Å². The number of carbonyl (C=O) groups is 2. The zero-order valence-corrected chi connectivity index (χ0v) is 38.8. The molecule has 3 atom stereocenters. The highest BCUT2D eigenvalue weighted by Gasteiger charge is 2.16. The average Bonchev–Trinajstić information content (AvgIpc) is 3.21. The zero-order valence-electron chi connectivity index (χ0n) is 38.8. The van der Waals surface area contributed by atoms with Gasteiger partial charge in [0.25, 0.3) is 0 Å². The van der Waals surface area contributed by atoms with Crippen molar-refractivity contribution >= 4 is 11.9 Å². The molecule has 10 heteroatoms. The summed E-state index contributed by atoms with van der Waals surface area (Å²) >= 11 is 0. The van der Waals surface area contributed by atoms with Crippen molar-refractivity contribution < 1.29 is 39.1 Å². The van der Waals surface area contributed by atoms with Crippen LogP contribution >= 0.6 is 0 Å². The Hall–Kier alpha value is -1.82. The van der Waals surface area contributed by atoms with E-state index >= 15 is 0 Å². The molecule has 3 N–H and O–H groups in total. The number of unbranched alkanes of at least 4 members (excludes halogenated alkanes) is 16. The summed E-state index contributed by atoms with van der Waals surface area (Å²) < 4.78 is 16.1. The molecular weight excluding hydrogens is 745 g/mol. The number of ether oxygens (including phenoxy) is 3. The lowest BCUT2D eigenvalue weighted by Crippen LogP contribution is -2.38. The van der Waals surface area contributed by atoms with Gasteiger partial charge < -0.3 is 29.5 Å². The number of esters is 2. The Kier molecular flexibility index (Phi) is 42.9. The molecule has 0 radical (unpaired) electrons. The molecule has 0 fully saturated rings. The summed E-state index contributed by atoms with van der Waals surface area (Å²) in [7, 11) is 1.67. The monoisotopic (exact) mass is 839 g/mol. The Balaban J connectivity index is 4.45. The lowest BCUT2D eigenvalue weighted by Gasteiger charge is -2.26. The van der Waals surface area contributed by atoms with E-state index in [1.807, 2.05) is 12.2 Å². The first-order chi connectivity index (χ1) is 28.7. The summed E-state index contributed by atoms with van der Waals surface area (Å²) in [5.74, 6) is -0.680. The predicted octanol–water partition coefficient (Wildman–Crippen LogP) is 10.1. The Labute approximate surface area is 362 Å². The van der Waals surface area contributed by atoms with E-state index in [0.717, 1.165) is 70.6 Å². The number of carbonyl (C=O) groups excluding carboxylic acids is 2. The van der Waals surface area contributed by atoms with E-state index in [1.165, 1.54) is 77.0 Å². The molecule has 59 heavy (non-hydrogen) atoms. The maximum absolute atomic E-state index is 12.3. The third kappa shape index (κ3) is 41.3. The van der Waals surface area contributed by atoms with E-state index in [-0.39, 0.29) is 37.5 Å². The molecule has 0 bridgehead atoms. The van der Waals surface area contributed by atoms with Crippen molar-refractivity contribution in [3.63, 3.8) is 0 Å².